The molecule has 1 amide bonds. The van der Waals surface area contributed by atoms with Crippen molar-refractivity contribution in [3.63, 3.8) is 0 Å². The van der Waals surface area contributed by atoms with E-state index in [0.717, 1.165) is 19.4 Å². The van der Waals surface area contributed by atoms with Gasteiger partial charge >= 0.3 is 6.09 Å². The Labute approximate surface area is 139 Å². The number of piperidine rings is 1. The molecule has 3 atom stereocenters. The number of carbonyl (C=O) groups is 1. The van der Waals surface area contributed by atoms with Gasteiger partial charge in [-0.2, -0.15) is 0 Å². The van der Waals surface area contributed by atoms with Gasteiger partial charge in [-0.1, -0.05) is 0 Å². The van der Waals surface area contributed by atoms with E-state index >= 15 is 0 Å². The van der Waals surface area contributed by atoms with Crippen LogP contribution in [-0.4, -0.2) is 66.2 Å². The van der Waals surface area contributed by atoms with E-state index < -0.39 is 11.2 Å². The summed E-state index contributed by atoms with van der Waals surface area (Å²) in [7, 11) is 0. The number of carbonyl (C=O) groups excluding carboxylic acids is 1. The van der Waals surface area contributed by atoms with Crippen LogP contribution >= 0.6 is 0 Å². The topological polar surface area (TPSA) is 71.0 Å². The molecule has 0 radical (unpaired) electrons. The number of ether oxygens (including phenoxy) is 2. The maximum atomic E-state index is 12.2. The molecule has 2 aliphatic rings. The van der Waals surface area contributed by atoms with E-state index in [1.807, 2.05) is 25.7 Å². The van der Waals surface area contributed by atoms with Gasteiger partial charge in [0, 0.05) is 38.7 Å². The first-order valence-electron chi connectivity index (χ1n) is 8.70. The molecule has 0 saturated carbocycles. The van der Waals surface area contributed by atoms with E-state index in [-0.39, 0.29) is 12.1 Å². The highest BCUT2D eigenvalue weighted by atomic mass is 16.6. The lowest BCUT2D eigenvalue weighted by molar-refractivity contribution is 0.0100. The zero-order valence-corrected chi connectivity index (χ0v) is 14.9. The number of likely N-dealkylation sites (tertiary alicyclic amines) is 1. The molecule has 2 saturated heterocycles. The van der Waals surface area contributed by atoms with Crippen molar-refractivity contribution in [1.82, 2.24) is 10.2 Å². The van der Waals surface area contributed by atoms with Crippen molar-refractivity contribution in [1.29, 1.82) is 0 Å². The average Bonchev–Trinajstić information content (AvgIpc) is 2.90. The first kappa shape index (κ1) is 18.5. The second-order valence-corrected chi connectivity index (χ2v) is 8.03. The van der Waals surface area contributed by atoms with Crippen LogP contribution in [-0.2, 0) is 9.47 Å². The predicted octanol–water partition coefficient (Wildman–Crippen LogP) is 1.76. The van der Waals surface area contributed by atoms with Gasteiger partial charge in [-0.15, -0.1) is 0 Å². The van der Waals surface area contributed by atoms with Crippen LogP contribution in [0.3, 0.4) is 0 Å². The van der Waals surface area contributed by atoms with Crippen LogP contribution in [0.4, 0.5) is 4.79 Å². The molecule has 6 heteroatoms. The number of hydrogen-bond acceptors (Lipinski definition) is 5. The normalized spacial score (nSPS) is 30.3. The molecule has 2 fully saturated rings. The monoisotopic (exact) mass is 328 g/mol. The van der Waals surface area contributed by atoms with Gasteiger partial charge in [0.1, 0.15) is 11.2 Å². The molecule has 2 N–H and O–H groups in total. The minimum atomic E-state index is -0.742. The largest absolute Gasteiger partial charge is 0.444 e. The predicted molar refractivity (Wildman–Crippen MR) is 88.4 cm³/mol. The average molecular weight is 328 g/mol. The molecule has 2 aliphatic heterocycles. The Balaban J connectivity index is 1.81. The lowest BCUT2D eigenvalue weighted by Gasteiger charge is -2.37. The molecule has 2 heterocycles. The standard InChI is InChI=1S/C17H32N2O4/c1-13(18-11-17(21)7-9-22-12-17)14-6-5-8-19(10-14)15(20)23-16(2,3)4/h13-14,18,21H,5-12H2,1-4H3. The molecule has 0 aromatic heterocycles. The summed E-state index contributed by atoms with van der Waals surface area (Å²) in [5.74, 6) is 0.377. The van der Waals surface area contributed by atoms with Crippen LogP contribution in [0.2, 0.25) is 0 Å². The van der Waals surface area contributed by atoms with Crippen LogP contribution in [0.5, 0.6) is 0 Å². The number of hydrogen-bond donors (Lipinski definition) is 2. The van der Waals surface area contributed by atoms with Crippen LogP contribution in [0, 0.1) is 5.92 Å². The Kier molecular flexibility index (Phi) is 5.92. The minimum Gasteiger partial charge on any atom is -0.444 e. The third-order valence-electron chi connectivity index (χ3n) is 4.65. The van der Waals surface area contributed by atoms with Gasteiger partial charge in [0.2, 0.25) is 0 Å². The van der Waals surface area contributed by atoms with Crippen molar-refractivity contribution in [2.75, 3.05) is 32.8 Å². The van der Waals surface area contributed by atoms with Crippen molar-refractivity contribution < 1.29 is 19.4 Å². The lowest BCUT2D eigenvalue weighted by atomic mass is 9.91. The van der Waals surface area contributed by atoms with Crippen LogP contribution in [0.15, 0.2) is 0 Å². The SMILES string of the molecule is CC(NCC1(O)CCOC1)C1CCCN(C(=O)OC(C)(C)C)C1. The molecule has 0 aromatic rings. The summed E-state index contributed by atoms with van der Waals surface area (Å²) in [5.41, 5.74) is -1.20. The zero-order chi connectivity index (χ0) is 17.1. The van der Waals surface area contributed by atoms with E-state index in [0.29, 0.717) is 38.6 Å². The van der Waals surface area contributed by atoms with E-state index in [4.69, 9.17) is 9.47 Å². The zero-order valence-electron chi connectivity index (χ0n) is 14.9. The summed E-state index contributed by atoms with van der Waals surface area (Å²) in [6.07, 6.45) is 2.53. The third kappa shape index (κ3) is 5.62. The molecule has 23 heavy (non-hydrogen) atoms. The Bertz CT molecular complexity index is 402. The Hall–Kier alpha value is -0.850. The van der Waals surface area contributed by atoms with Crippen molar-refractivity contribution in [2.45, 2.75) is 64.2 Å². The van der Waals surface area contributed by atoms with E-state index in [1.54, 1.807) is 0 Å². The van der Waals surface area contributed by atoms with Gasteiger partial charge in [0.25, 0.3) is 0 Å². The fourth-order valence-corrected chi connectivity index (χ4v) is 3.16. The van der Waals surface area contributed by atoms with Gasteiger partial charge < -0.3 is 24.8 Å². The number of nitrogens with one attached hydrogen (secondary N) is 1. The molecule has 0 bridgehead atoms. The molecule has 6 nitrogen and oxygen atoms in total. The van der Waals surface area contributed by atoms with Gasteiger partial charge in [0.05, 0.1) is 6.61 Å². The van der Waals surface area contributed by atoms with E-state index in [2.05, 4.69) is 12.2 Å². The molecule has 134 valence electrons. The number of amides is 1. The number of nitrogens with zero attached hydrogens (tertiary/aromatic N) is 1. The Morgan fingerprint density at radius 2 is 2.26 bits per heavy atom. The molecule has 0 aromatic carbocycles. The van der Waals surface area contributed by atoms with E-state index in [9.17, 15) is 9.90 Å². The summed E-state index contributed by atoms with van der Waals surface area (Å²) in [4.78, 5) is 14.0. The maximum absolute atomic E-state index is 12.2. The van der Waals surface area contributed by atoms with Crippen LogP contribution in [0.1, 0.15) is 47.0 Å². The summed E-state index contributed by atoms with van der Waals surface area (Å²) >= 11 is 0. The van der Waals surface area contributed by atoms with Crippen molar-refractivity contribution in [3.05, 3.63) is 0 Å². The first-order chi connectivity index (χ1) is 10.7. The first-order valence-corrected chi connectivity index (χ1v) is 8.70. The van der Waals surface area contributed by atoms with Crippen molar-refractivity contribution >= 4 is 6.09 Å². The minimum absolute atomic E-state index is 0.225. The molecular weight excluding hydrogens is 296 g/mol. The third-order valence-corrected chi connectivity index (χ3v) is 4.65. The van der Waals surface area contributed by atoms with E-state index in [1.165, 1.54) is 0 Å². The fraction of sp³-hybridized carbons (Fsp3) is 0.941. The highest BCUT2D eigenvalue weighted by Crippen LogP contribution is 2.23. The molecule has 0 aliphatic carbocycles. The number of rotatable bonds is 4. The summed E-state index contributed by atoms with van der Waals surface area (Å²) in [6, 6.07) is 0.241. The fourth-order valence-electron chi connectivity index (χ4n) is 3.16. The highest BCUT2D eigenvalue weighted by molar-refractivity contribution is 5.68. The molecule has 3 unspecified atom stereocenters. The smallest absolute Gasteiger partial charge is 0.410 e. The number of aliphatic hydroxyl groups is 1. The molecule has 0 spiro atoms. The van der Waals surface area contributed by atoms with Crippen LogP contribution in [0.25, 0.3) is 0 Å². The Morgan fingerprint density at radius 3 is 2.87 bits per heavy atom. The molecule has 2 rings (SSSR count). The van der Waals surface area contributed by atoms with Crippen molar-refractivity contribution in [2.24, 2.45) is 5.92 Å². The summed E-state index contributed by atoms with van der Waals surface area (Å²) in [5, 5.41) is 13.8. The van der Waals surface area contributed by atoms with Gasteiger partial charge in [-0.05, 0) is 46.5 Å². The van der Waals surface area contributed by atoms with Gasteiger partial charge in [-0.3, -0.25) is 0 Å². The molecular formula is C17H32N2O4. The Morgan fingerprint density at radius 1 is 1.52 bits per heavy atom. The van der Waals surface area contributed by atoms with Gasteiger partial charge in [-0.25, -0.2) is 4.79 Å². The highest BCUT2D eigenvalue weighted by Gasteiger charge is 2.34. The maximum Gasteiger partial charge on any atom is 0.410 e. The van der Waals surface area contributed by atoms with Crippen molar-refractivity contribution in [3.8, 4) is 0 Å². The van der Waals surface area contributed by atoms with Gasteiger partial charge in [0.15, 0.2) is 0 Å². The second-order valence-electron chi connectivity index (χ2n) is 8.03. The lowest BCUT2D eigenvalue weighted by Crippen LogP contribution is -2.51. The summed E-state index contributed by atoms with van der Waals surface area (Å²) in [6.45, 7) is 10.8. The second kappa shape index (κ2) is 7.36. The summed E-state index contributed by atoms with van der Waals surface area (Å²) < 4.78 is 10.7. The van der Waals surface area contributed by atoms with Crippen LogP contribution < -0.4 is 5.32 Å². The quantitative estimate of drug-likeness (QED) is 0.823.